The van der Waals surface area contributed by atoms with E-state index in [-0.39, 0.29) is 22.4 Å². The van der Waals surface area contributed by atoms with Crippen LogP contribution in [0, 0.1) is 12.7 Å². The number of methoxy groups -OCH3 is 1. The number of allylic oxidation sites excluding steroid dienone is 1. The fourth-order valence-corrected chi connectivity index (χ4v) is 4.33. The number of ether oxygens (including phenoxy) is 1. The van der Waals surface area contributed by atoms with Crippen LogP contribution in [0.2, 0.25) is 0 Å². The molecule has 0 saturated heterocycles. The van der Waals surface area contributed by atoms with Crippen LogP contribution in [0.5, 0.6) is 5.75 Å². The monoisotopic (exact) mass is 446 g/mol. The molecule has 4 nitrogen and oxygen atoms in total. The van der Waals surface area contributed by atoms with Gasteiger partial charge in [0.2, 0.25) is 0 Å². The summed E-state index contributed by atoms with van der Waals surface area (Å²) in [5.41, 5.74) is -0.916. The lowest BCUT2D eigenvalue weighted by molar-refractivity contribution is -0.265. The molecule has 3 aromatic rings. The van der Waals surface area contributed by atoms with Crippen LogP contribution in [0.15, 0.2) is 48.5 Å². The van der Waals surface area contributed by atoms with Gasteiger partial charge in [0.15, 0.2) is 17.2 Å². The number of benzene rings is 2. The Morgan fingerprint density at radius 3 is 2.59 bits per heavy atom. The molecule has 1 heterocycles. The topological polar surface area (TPSA) is 54.4 Å². The average molecular weight is 446 g/mol. The van der Waals surface area contributed by atoms with Gasteiger partial charge in [0.1, 0.15) is 0 Å². The summed E-state index contributed by atoms with van der Waals surface area (Å²) in [6.07, 6.45) is -4.27. The zero-order valence-corrected chi connectivity index (χ0v) is 17.7. The number of hydrogen-bond donors (Lipinski definition) is 2. The largest absolute Gasteiger partial charge is 0.493 e. The van der Waals surface area contributed by atoms with Gasteiger partial charge in [-0.2, -0.15) is 13.2 Å². The lowest BCUT2D eigenvalue weighted by Gasteiger charge is -2.44. The third-order valence-corrected chi connectivity index (χ3v) is 5.93. The van der Waals surface area contributed by atoms with Crippen molar-refractivity contribution in [1.29, 1.82) is 0 Å². The van der Waals surface area contributed by atoms with Crippen LogP contribution < -0.4 is 10.1 Å². The van der Waals surface area contributed by atoms with Gasteiger partial charge in [0.25, 0.3) is 0 Å². The van der Waals surface area contributed by atoms with Gasteiger partial charge < -0.3 is 15.2 Å². The third-order valence-electron chi connectivity index (χ3n) is 5.93. The maximum Gasteiger partial charge on any atom is 0.419 e. The van der Waals surface area contributed by atoms with E-state index in [1.807, 2.05) is 6.92 Å². The molecule has 4 rings (SSSR count). The van der Waals surface area contributed by atoms with Gasteiger partial charge in [-0.3, -0.25) is 4.98 Å². The standard InChI is InChI=1S/C24H22F4N2O2/c1-4-14-12-23(31,24(26,27)28)22(16-10-11-17(25)21(32-3)20(14)16)30-19-7-5-6-18-15(19)9-8-13(2)29-18/h4-11,22,30-31H,12H2,1-3H3. The molecule has 0 amide bonds. The summed E-state index contributed by atoms with van der Waals surface area (Å²) in [6.45, 7) is 3.37. The fourth-order valence-electron chi connectivity index (χ4n) is 4.33. The van der Waals surface area contributed by atoms with Gasteiger partial charge in [0, 0.05) is 28.8 Å². The molecule has 2 unspecified atom stereocenters. The molecule has 1 aliphatic carbocycles. The second kappa shape index (κ2) is 7.78. The number of aromatic nitrogens is 1. The van der Waals surface area contributed by atoms with Crippen molar-refractivity contribution in [1.82, 2.24) is 4.98 Å². The number of aliphatic hydroxyl groups is 1. The first-order valence-corrected chi connectivity index (χ1v) is 10.0. The van der Waals surface area contributed by atoms with Gasteiger partial charge >= 0.3 is 6.18 Å². The van der Waals surface area contributed by atoms with Crippen LogP contribution in [-0.4, -0.2) is 29.0 Å². The molecule has 0 bridgehead atoms. The lowest BCUT2D eigenvalue weighted by atomic mass is 9.72. The van der Waals surface area contributed by atoms with E-state index < -0.39 is 30.1 Å². The predicted octanol–water partition coefficient (Wildman–Crippen LogP) is 5.94. The molecule has 2 atom stereocenters. The SMILES string of the molecule is CC=C1CC(O)(C(F)(F)F)C(Nc2cccc3nc(C)ccc23)c2ccc(F)c(OC)c21. The second-order valence-corrected chi connectivity index (χ2v) is 7.86. The minimum atomic E-state index is -4.96. The average Bonchev–Trinajstić information content (AvgIpc) is 2.74. The second-order valence-electron chi connectivity index (χ2n) is 7.86. The number of halogens is 4. The maximum atomic E-state index is 14.4. The summed E-state index contributed by atoms with van der Waals surface area (Å²) in [4.78, 5) is 4.42. The number of rotatable bonds is 3. The van der Waals surface area contributed by atoms with Crippen LogP contribution in [0.1, 0.15) is 36.2 Å². The molecule has 1 aromatic heterocycles. The van der Waals surface area contributed by atoms with Crippen molar-refractivity contribution in [3.8, 4) is 5.75 Å². The first-order chi connectivity index (χ1) is 15.1. The highest BCUT2D eigenvalue weighted by Crippen LogP contribution is 2.54. The van der Waals surface area contributed by atoms with E-state index in [0.29, 0.717) is 16.6 Å². The van der Waals surface area contributed by atoms with Crippen LogP contribution in [0.3, 0.4) is 0 Å². The summed E-state index contributed by atoms with van der Waals surface area (Å²) in [5, 5.41) is 14.6. The molecule has 2 aromatic carbocycles. The van der Waals surface area contributed by atoms with Gasteiger partial charge in [-0.25, -0.2) is 4.39 Å². The Hall–Kier alpha value is -3.13. The van der Waals surface area contributed by atoms with Gasteiger partial charge in [0.05, 0.1) is 18.7 Å². The molecule has 0 fully saturated rings. The molecule has 0 aliphatic heterocycles. The number of fused-ring (bicyclic) bond motifs is 2. The van der Waals surface area contributed by atoms with Crippen molar-refractivity contribution in [2.45, 2.75) is 38.1 Å². The highest BCUT2D eigenvalue weighted by Gasteiger charge is 2.62. The molecule has 0 saturated carbocycles. The Morgan fingerprint density at radius 2 is 1.94 bits per heavy atom. The van der Waals surface area contributed by atoms with Gasteiger partial charge in [-0.15, -0.1) is 0 Å². The van der Waals surface area contributed by atoms with Gasteiger partial charge in [-0.1, -0.05) is 18.2 Å². The molecule has 0 radical (unpaired) electrons. The number of pyridine rings is 1. The molecular formula is C24H22F4N2O2. The van der Waals surface area contributed by atoms with Crippen molar-refractivity contribution in [3.05, 3.63) is 71.2 Å². The van der Waals surface area contributed by atoms with E-state index in [9.17, 15) is 22.7 Å². The van der Waals surface area contributed by atoms with E-state index in [1.165, 1.54) is 19.3 Å². The van der Waals surface area contributed by atoms with Crippen LogP contribution >= 0.6 is 0 Å². The molecular weight excluding hydrogens is 424 g/mol. The Bertz CT molecular complexity index is 1220. The first-order valence-electron chi connectivity index (χ1n) is 10.0. The third kappa shape index (κ3) is 3.39. The van der Waals surface area contributed by atoms with Crippen molar-refractivity contribution < 1.29 is 27.4 Å². The number of anilines is 1. The number of nitrogens with zero attached hydrogens (tertiary/aromatic N) is 1. The maximum absolute atomic E-state index is 14.4. The highest BCUT2D eigenvalue weighted by atomic mass is 19.4. The Morgan fingerprint density at radius 1 is 1.19 bits per heavy atom. The first kappa shape index (κ1) is 22.1. The van der Waals surface area contributed by atoms with E-state index in [2.05, 4.69) is 10.3 Å². The predicted molar refractivity (Wildman–Crippen MR) is 115 cm³/mol. The van der Waals surface area contributed by atoms with Crippen molar-refractivity contribution in [2.75, 3.05) is 12.4 Å². The van der Waals surface area contributed by atoms with Crippen LogP contribution in [0.25, 0.3) is 16.5 Å². The van der Waals surface area contributed by atoms with Crippen molar-refractivity contribution in [3.63, 3.8) is 0 Å². The summed E-state index contributed by atoms with van der Waals surface area (Å²) >= 11 is 0. The number of alkyl halides is 3. The molecule has 8 heteroatoms. The zero-order chi connectivity index (χ0) is 23.3. The Balaban J connectivity index is 1.96. The van der Waals surface area contributed by atoms with E-state index in [4.69, 9.17) is 4.74 Å². The van der Waals surface area contributed by atoms with Crippen molar-refractivity contribution in [2.24, 2.45) is 0 Å². The molecule has 32 heavy (non-hydrogen) atoms. The molecule has 1 aliphatic rings. The smallest absolute Gasteiger partial charge is 0.419 e. The highest BCUT2D eigenvalue weighted by molar-refractivity contribution is 5.92. The zero-order valence-electron chi connectivity index (χ0n) is 17.7. The molecule has 2 N–H and O–H groups in total. The quantitative estimate of drug-likeness (QED) is 0.489. The summed E-state index contributed by atoms with van der Waals surface area (Å²) in [7, 11) is 1.26. The fraction of sp³-hybridized carbons (Fsp3) is 0.292. The lowest BCUT2D eigenvalue weighted by Crippen LogP contribution is -2.54. The molecule has 168 valence electrons. The summed E-state index contributed by atoms with van der Waals surface area (Å²) < 4.78 is 62.5. The number of nitrogens with one attached hydrogen (secondary N) is 1. The normalized spacial score (nSPS) is 22.1. The van der Waals surface area contributed by atoms with Crippen LogP contribution in [-0.2, 0) is 0 Å². The van der Waals surface area contributed by atoms with E-state index in [0.717, 1.165) is 11.8 Å². The van der Waals surface area contributed by atoms with Gasteiger partial charge in [-0.05, 0) is 55.3 Å². The summed E-state index contributed by atoms with van der Waals surface area (Å²) in [5.74, 6) is -0.839. The molecule has 0 spiro atoms. The minimum absolute atomic E-state index is 0.0968. The Kier molecular flexibility index (Phi) is 5.36. The summed E-state index contributed by atoms with van der Waals surface area (Å²) in [6, 6.07) is 9.29. The number of aryl methyl sites for hydroxylation is 1. The van der Waals surface area contributed by atoms with Crippen LogP contribution in [0.4, 0.5) is 23.2 Å². The number of hydrogen-bond acceptors (Lipinski definition) is 4. The minimum Gasteiger partial charge on any atom is -0.493 e. The van der Waals surface area contributed by atoms with Crippen molar-refractivity contribution >= 4 is 22.2 Å². The van der Waals surface area contributed by atoms with E-state index >= 15 is 0 Å². The van der Waals surface area contributed by atoms with E-state index in [1.54, 1.807) is 37.3 Å². The Labute approximate surface area is 182 Å².